The number of nitro benzene ring substituents is 1. The van der Waals surface area contributed by atoms with Gasteiger partial charge in [-0.1, -0.05) is 23.7 Å². The predicted octanol–water partition coefficient (Wildman–Crippen LogP) is 3.83. The zero-order valence-electron chi connectivity index (χ0n) is 14.6. The maximum Gasteiger partial charge on any atom is 0.278 e. The molecule has 0 aromatic heterocycles. The van der Waals surface area contributed by atoms with Crippen molar-refractivity contribution in [3.63, 3.8) is 0 Å². The number of hydrogen-bond donors (Lipinski definition) is 0. The van der Waals surface area contributed by atoms with E-state index in [9.17, 15) is 14.9 Å². The number of hydrogen-bond acceptors (Lipinski definition) is 6. The topological polar surface area (TPSA) is 94.3 Å². The van der Waals surface area contributed by atoms with Crippen LogP contribution in [0.25, 0.3) is 0 Å². The predicted molar refractivity (Wildman–Crippen MR) is 98.6 cm³/mol. The van der Waals surface area contributed by atoms with Gasteiger partial charge in [0.1, 0.15) is 5.75 Å². The molecule has 9 heteroatoms. The largest absolute Gasteiger partial charge is 0.484 e. The summed E-state index contributed by atoms with van der Waals surface area (Å²) < 4.78 is 11.4. The Morgan fingerprint density at radius 1 is 1.37 bits per heavy atom. The van der Waals surface area contributed by atoms with Crippen LogP contribution in [0.3, 0.4) is 0 Å². The van der Waals surface area contributed by atoms with Gasteiger partial charge in [-0.3, -0.25) is 14.9 Å². The fourth-order valence-electron chi connectivity index (χ4n) is 2.65. The van der Waals surface area contributed by atoms with Crippen LogP contribution < -0.4 is 4.74 Å². The Bertz CT molecular complexity index is 931. The molecule has 0 spiro atoms. The van der Waals surface area contributed by atoms with Crippen LogP contribution in [-0.2, 0) is 9.53 Å². The number of hydrazone groups is 1. The first-order chi connectivity index (χ1) is 12.9. The monoisotopic (exact) mass is 389 g/mol. The van der Waals surface area contributed by atoms with E-state index in [2.05, 4.69) is 5.10 Å². The van der Waals surface area contributed by atoms with E-state index in [1.54, 1.807) is 30.3 Å². The smallest absolute Gasteiger partial charge is 0.278 e. The van der Waals surface area contributed by atoms with Crippen LogP contribution in [0.15, 0.2) is 47.6 Å². The molecule has 1 atom stereocenters. The van der Waals surface area contributed by atoms with Gasteiger partial charge < -0.3 is 9.47 Å². The molecule has 0 radical (unpaired) electrons. The fraction of sp³-hybridized carbons (Fsp3) is 0.222. The maximum atomic E-state index is 11.9. The third kappa shape index (κ3) is 4.01. The van der Waals surface area contributed by atoms with Crippen molar-refractivity contribution in [2.45, 2.75) is 20.1 Å². The number of ether oxygens (including phenoxy) is 2. The van der Waals surface area contributed by atoms with E-state index >= 15 is 0 Å². The summed E-state index contributed by atoms with van der Waals surface area (Å²) in [4.78, 5) is 22.7. The molecule has 0 unspecified atom stereocenters. The number of para-hydroxylation sites is 1. The molecule has 0 saturated heterocycles. The quantitative estimate of drug-likeness (QED) is 0.572. The summed E-state index contributed by atoms with van der Waals surface area (Å²) in [6.45, 7) is 3.11. The molecule has 0 aliphatic carbocycles. The summed E-state index contributed by atoms with van der Waals surface area (Å²) in [5.74, 6) is 0.327. The Balaban J connectivity index is 1.80. The summed E-state index contributed by atoms with van der Waals surface area (Å²) in [5, 5.41) is 17.1. The maximum absolute atomic E-state index is 11.9. The molecule has 2 aromatic rings. The van der Waals surface area contributed by atoms with E-state index in [0.29, 0.717) is 10.8 Å². The normalized spacial score (nSPS) is 15.9. The van der Waals surface area contributed by atoms with Crippen LogP contribution in [0, 0.1) is 17.0 Å². The van der Waals surface area contributed by atoms with E-state index in [1.165, 1.54) is 19.1 Å². The van der Waals surface area contributed by atoms with Crippen molar-refractivity contribution in [1.82, 2.24) is 5.01 Å². The molecular weight excluding hydrogens is 374 g/mol. The van der Waals surface area contributed by atoms with Gasteiger partial charge in [-0.25, -0.2) is 0 Å². The molecule has 8 nitrogen and oxygen atoms in total. The molecule has 1 amide bonds. The first-order valence-electron chi connectivity index (χ1n) is 8.03. The van der Waals surface area contributed by atoms with E-state index in [-0.39, 0.29) is 23.8 Å². The van der Waals surface area contributed by atoms with Crippen LogP contribution in [0.5, 0.6) is 5.75 Å². The number of aryl methyl sites for hydroxylation is 1. The van der Waals surface area contributed by atoms with Crippen molar-refractivity contribution in [3.8, 4) is 5.75 Å². The van der Waals surface area contributed by atoms with Gasteiger partial charge in [0.05, 0.1) is 10.5 Å². The molecule has 3 rings (SSSR count). The second kappa shape index (κ2) is 7.63. The summed E-state index contributed by atoms with van der Waals surface area (Å²) in [5.41, 5.74) is 0.915. The zero-order valence-corrected chi connectivity index (χ0v) is 15.3. The zero-order chi connectivity index (χ0) is 19.6. The number of carbonyl (C=O) groups excluding carboxylic acids is 1. The molecule has 27 heavy (non-hydrogen) atoms. The third-order valence-electron chi connectivity index (χ3n) is 3.90. The number of nitrogens with zero attached hydrogens (tertiary/aromatic N) is 3. The molecule has 0 saturated carbocycles. The van der Waals surface area contributed by atoms with Gasteiger partial charge in [0.25, 0.3) is 5.69 Å². The number of carbonyl (C=O) groups is 1. The number of halogens is 1. The Kier molecular flexibility index (Phi) is 5.27. The molecule has 140 valence electrons. The lowest BCUT2D eigenvalue weighted by Gasteiger charge is -2.19. The average molecular weight is 390 g/mol. The molecule has 0 fully saturated rings. The molecule has 0 N–H and O–H groups in total. The van der Waals surface area contributed by atoms with Crippen molar-refractivity contribution in [1.29, 1.82) is 0 Å². The third-order valence-corrected chi connectivity index (χ3v) is 4.13. The van der Waals surface area contributed by atoms with Gasteiger partial charge in [0, 0.05) is 18.0 Å². The van der Waals surface area contributed by atoms with Crippen molar-refractivity contribution in [2.24, 2.45) is 5.10 Å². The molecule has 2 aromatic carbocycles. The highest BCUT2D eigenvalue weighted by Gasteiger charge is 2.36. The van der Waals surface area contributed by atoms with Crippen LogP contribution in [0.4, 0.5) is 5.69 Å². The number of rotatable bonds is 5. The van der Waals surface area contributed by atoms with E-state index in [1.807, 2.05) is 6.92 Å². The van der Waals surface area contributed by atoms with Crippen LogP contribution in [-0.4, -0.2) is 28.3 Å². The van der Waals surface area contributed by atoms with Gasteiger partial charge >= 0.3 is 0 Å². The standard InChI is InChI=1S/C18H16ClN3O5/c1-11-9-13(19)7-8-16(11)26-10-17-20-21(12(2)23)18(27-17)14-5-3-4-6-15(14)22(24)25/h3-9,18H,10H2,1-2H3/t18-/m1/s1. The van der Waals surface area contributed by atoms with Gasteiger partial charge in [-0.05, 0) is 36.8 Å². The van der Waals surface area contributed by atoms with Crippen molar-refractivity contribution in [3.05, 3.63) is 68.7 Å². The van der Waals surface area contributed by atoms with Gasteiger partial charge in [0.2, 0.25) is 18.0 Å². The molecule has 1 aliphatic rings. The van der Waals surface area contributed by atoms with Crippen molar-refractivity contribution < 1.29 is 19.2 Å². The second-order valence-corrected chi connectivity index (χ2v) is 6.28. The lowest BCUT2D eigenvalue weighted by molar-refractivity contribution is -0.386. The lowest BCUT2D eigenvalue weighted by atomic mass is 10.1. The van der Waals surface area contributed by atoms with Gasteiger partial charge in [-0.15, -0.1) is 5.10 Å². The summed E-state index contributed by atoms with van der Waals surface area (Å²) in [6, 6.07) is 11.2. The Hall–Kier alpha value is -3.13. The fourth-order valence-corrected chi connectivity index (χ4v) is 2.87. The summed E-state index contributed by atoms with van der Waals surface area (Å²) in [7, 11) is 0. The molecule has 1 aliphatic heterocycles. The van der Waals surface area contributed by atoms with Crippen molar-refractivity contribution >= 4 is 29.1 Å². The van der Waals surface area contributed by atoms with Gasteiger partial charge in [-0.2, -0.15) is 5.01 Å². The summed E-state index contributed by atoms with van der Waals surface area (Å²) in [6.07, 6.45) is -1.02. The minimum atomic E-state index is -1.02. The Morgan fingerprint density at radius 2 is 2.11 bits per heavy atom. The van der Waals surface area contributed by atoms with Crippen LogP contribution in [0.2, 0.25) is 5.02 Å². The Labute approximate surface area is 160 Å². The lowest BCUT2D eigenvalue weighted by Crippen LogP contribution is -2.26. The van der Waals surface area contributed by atoms with E-state index in [4.69, 9.17) is 21.1 Å². The summed E-state index contributed by atoms with van der Waals surface area (Å²) >= 11 is 5.92. The van der Waals surface area contributed by atoms with Crippen LogP contribution in [0.1, 0.15) is 24.3 Å². The molecule has 0 bridgehead atoms. The number of nitro groups is 1. The highest BCUT2D eigenvalue weighted by atomic mass is 35.5. The van der Waals surface area contributed by atoms with E-state index < -0.39 is 17.1 Å². The average Bonchev–Trinajstić information content (AvgIpc) is 3.05. The number of benzene rings is 2. The van der Waals surface area contributed by atoms with Gasteiger partial charge in [0.15, 0.2) is 6.61 Å². The minimum absolute atomic E-state index is 0.0383. The number of amides is 1. The van der Waals surface area contributed by atoms with Crippen LogP contribution >= 0.6 is 11.6 Å². The second-order valence-electron chi connectivity index (χ2n) is 5.84. The first kappa shape index (κ1) is 18.7. The highest BCUT2D eigenvalue weighted by molar-refractivity contribution is 6.30. The molecule has 1 heterocycles. The minimum Gasteiger partial charge on any atom is -0.484 e. The Morgan fingerprint density at radius 3 is 2.78 bits per heavy atom. The first-order valence-corrected chi connectivity index (χ1v) is 8.41. The highest BCUT2D eigenvalue weighted by Crippen LogP contribution is 2.34. The SMILES string of the molecule is CC(=O)N1N=C(COc2ccc(Cl)cc2C)O[C@@H]1c1ccccc1[N+](=O)[O-]. The van der Waals surface area contributed by atoms with Crippen molar-refractivity contribution in [2.75, 3.05) is 6.61 Å². The van der Waals surface area contributed by atoms with E-state index in [0.717, 1.165) is 10.6 Å². The molecular formula is C18H16ClN3O5.